The van der Waals surface area contributed by atoms with Crippen LogP contribution in [0.2, 0.25) is 0 Å². The van der Waals surface area contributed by atoms with Crippen LogP contribution in [0, 0.1) is 22.9 Å². The van der Waals surface area contributed by atoms with E-state index >= 15 is 0 Å². The van der Waals surface area contributed by atoms with Crippen molar-refractivity contribution in [2.24, 2.45) is 0 Å². The highest BCUT2D eigenvalue weighted by molar-refractivity contribution is 6.05. The zero-order valence-electron chi connectivity index (χ0n) is 13.3. The number of aromatic hydroxyl groups is 1. The number of fused-ring (bicyclic) bond motifs is 1. The van der Waals surface area contributed by atoms with Gasteiger partial charge in [-0.25, -0.2) is 9.18 Å². The van der Waals surface area contributed by atoms with Crippen LogP contribution in [0.15, 0.2) is 45.6 Å². The molecule has 0 radical (unpaired) electrons. The number of carbonyl (C=O) groups excluding carboxylic acids is 1. The number of anilines is 1. The molecule has 2 N–H and O–H groups in total. The maximum Gasteiger partial charge on any atom is 0.349 e. The second kappa shape index (κ2) is 6.28. The molecule has 26 heavy (non-hydrogen) atoms. The molecule has 3 aromatic rings. The number of phenols is 1. The lowest BCUT2D eigenvalue weighted by atomic mass is 10.1. The molecule has 3 rings (SSSR count). The molecule has 0 saturated heterocycles. The molecule has 2 aromatic carbocycles. The summed E-state index contributed by atoms with van der Waals surface area (Å²) in [5.41, 5.74) is -1.74. The fourth-order valence-electron chi connectivity index (χ4n) is 2.43. The predicted molar refractivity (Wildman–Crippen MR) is 89.9 cm³/mol. The number of nitro groups is 1. The number of hydrogen-bond donors (Lipinski definition) is 2. The van der Waals surface area contributed by atoms with Crippen LogP contribution < -0.4 is 10.9 Å². The standard InChI is InChI=1S/C17H11FN2O6/c1-8-14(21)13(20(24)25)7-9-6-12(17(23)26-15(8)9)16(22)19-11-4-2-10(18)3-5-11/h2-7,21H,1H3,(H,19,22). The van der Waals surface area contributed by atoms with Crippen LogP contribution in [0.25, 0.3) is 11.0 Å². The normalized spacial score (nSPS) is 10.7. The first kappa shape index (κ1) is 17.1. The maximum atomic E-state index is 12.9. The highest BCUT2D eigenvalue weighted by Crippen LogP contribution is 2.35. The molecule has 0 aliphatic rings. The Hall–Kier alpha value is -3.75. The van der Waals surface area contributed by atoms with E-state index in [4.69, 9.17) is 4.42 Å². The number of phenolic OH excluding ortho intramolecular Hbond substituents is 1. The first-order chi connectivity index (χ1) is 12.3. The Kier molecular flexibility index (Phi) is 4.13. The van der Waals surface area contributed by atoms with E-state index in [0.29, 0.717) is 0 Å². The smallest absolute Gasteiger partial charge is 0.349 e. The Morgan fingerprint density at radius 1 is 1.27 bits per heavy atom. The molecule has 0 spiro atoms. The van der Waals surface area contributed by atoms with E-state index in [9.17, 15) is 29.2 Å². The quantitative estimate of drug-likeness (QED) is 0.421. The molecule has 0 bridgehead atoms. The average molecular weight is 358 g/mol. The number of rotatable bonds is 3. The molecule has 1 aromatic heterocycles. The van der Waals surface area contributed by atoms with Gasteiger partial charge in [0.2, 0.25) is 5.75 Å². The minimum Gasteiger partial charge on any atom is -0.502 e. The molecule has 0 atom stereocenters. The lowest BCUT2D eigenvalue weighted by Gasteiger charge is -2.07. The number of benzene rings is 2. The van der Waals surface area contributed by atoms with Gasteiger partial charge < -0.3 is 14.8 Å². The van der Waals surface area contributed by atoms with Crippen molar-refractivity contribution in [1.82, 2.24) is 0 Å². The summed E-state index contributed by atoms with van der Waals surface area (Å²) in [5, 5.41) is 23.4. The lowest BCUT2D eigenvalue weighted by molar-refractivity contribution is -0.385. The van der Waals surface area contributed by atoms with Crippen molar-refractivity contribution in [1.29, 1.82) is 0 Å². The Morgan fingerprint density at radius 2 is 1.92 bits per heavy atom. The molecule has 1 amide bonds. The summed E-state index contributed by atoms with van der Waals surface area (Å²) in [4.78, 5) is 34.6. The van der Waals surface area contributed by atoms with E-state index in [1.54, 1.807) is 0 Å². The first-order valence-electron chi connectivity index (χ1n) is 7.29. The van der Waals surface area contributed by atoms with E-state index in [-0.39, 0.29) is 27.8 Å². The second-order valence-corrected chi connectivity index (χ2v) is 5.45. The number of halogens is 1. The van der Waals surface area contributed by atoms with E-state index in [1.165, 1.54) is 19.1 Å². The van der Waals surface area contributed by atoms with Gasteiger partial charge in [-0.15, -0.1) is 0 Å². The van der Waals surface area contributed by atoms with Gasteiger partial charge in [0.05, 0.1) is 4.92 Å². The highest BCUT2D eigenvalue weighted by atomic mass is 19.1. The minimum atomic E-state index is -0.978. The Bertz CT molecular complexity index is 1100. The number of nitrogens with zero attached hydrogens (tertiary/aromatic N) is 1. The second-order valence-electron chi connectivity index (χ2n) is 5.45. The van der Waals surface area contributed by atoms with E-state index in [2.05, 4.69) is 5.32 Å². The van der Waals surface area contributed by atoms with Crippen LogP contribution in [0.4, 0.5) is 15.8 Å². The number of nitro benzene ring substituents is 1. The van der Waals surface area contributed by atoms with E-state index in [1.807, 2.05) is 0 Å². The fraction of sp³-hybridized carbons (Fsp3) is 0.0588. The first-order valence-corrected chi connectivity index (χ1v) is 7.29. The third kappa shape index (κ3) is 2.97. The van der Waals surface area contributed by atoms with Crippen LogP contribution in [-0.2, 0) is 0 Å². The zero-order valence-corrected chi connectivity index (χ0v) is 13.3. The molecule has 0 saturated carbocycles. The summed E-state index contributed by atoms with van der Waals surface area (Å²) < 4.78 is 18.0. The molecule has 132 valence electrons. The zero-order chi connectivity index (χ0) is 19.0. The summed E-state index contributed by atoms with van der Waals surface area (Å²) in [6.07, 6.45) is 0. The molecule has 0 aliphatic carbocycles. The minimum absolute atomic E-state index is 0.0109. The van der Waals surface area contributed by atoms with Crippen molar-refractivity contribution in [3.8, 4) is 5.75 Å². The summed E-state index contributed by atoms with van der Waals surface area (Å²) >= 11 is 0. The van der Waals surface area contributed by atoms with Crippen LogP contribution in [0.1, 0.15) is 15.9 Å². The van der Waals surface area contributed by atoms with Gasteiger partial charge in [0.25, 0.3) is 5.91 Å². The highest BCUT2D eigenvalue weighted by Gasteiger charge is 2.22. The van der Waals surface area contributed by atoms with Crippen LogP contribution >= 0.6 is 0 Å². The Morgan fingerprint density at radius 3 is 2.54 bits per heavy atom. The van der Waals surface area contributed by atoms with Crippen LogP contribution in [0.5, 0.6) is 5.75 Å². The Labute approximate surface area is 144 Å². The Balaban J connectivity index is 2.09. The van der Waals surface area contributed by atoms with Crippen molar-refractivity contribution in [3.05, 3.63) is 73.9 Å². The van der Waals surface area contributed by atoms with Crippen LogP contribution in [0.3, 0.4) is 0 Å². The fourth-order valence-corrected chi connectivity index (χ4v) is 2.43. The predicted octanol–water partition coefficient (Wildman–Crippen LogP) is 3.11. The third-order valence-corrected chi connectivity index (χ3v) is 3.75. The molecule has 0 unspecified atom stereocenters. The summed E-state index contributed by atoms with van der Waals surface area (Å²) in [6.45, 7) is 1.35. The van der Waals surface area contributed by atoms with Crippen LogP contribution in [-0.4, -0.2) is 15.9 Å². The summed E-state index contributed by atoms with van der Waals surface area (Å²) in [7, 11) is 0. The average Bonchev–Trinajstić information content (AvgIpc) is 2.59. The van der Waals surface area contributed by atoms with Gasteiger partial charge in [0.15, 0.2) is 0 Å². The van der Waals surface area contributed by atoms with E-state index < -0.39 is 33.7 Å². The molecular formula is C17H11FN2O6. The van der Waals surface area contributed by atoms with Crippen molar-refractivity contribution in [3.63, 3.8) is 0 Å². The molecule has 0 fully saturated rings. The third-order valence-electron chi connectivity index (χ3n) is 3.75. The SMILES string of the molecule is Cc1c(O)c([N+](=O)[O-])cc2cc(C(=O)Nc3ccc(F)cc3)c(=O)oc12. The van der Waals surface area contributed by atoms with Gasteiger partial charge in [0, 0.05) is 22.7 Å². The number of nitrogens with one attached hydrogen (secondary N) is 1. The monoisotopic (exact) mass is 358 g/mol. The maximum absolute atomic E-state index is 12.9. The van der Waals surface area contributed by atoms with Gasteiger partial charge in [-0.05, 0) is 37.3 Å². The number of aryl methyl sites for hydroxylation is 1. The van der Waals surface area contributed by atoms with Crippen molar-refractivity contribution >= 4 is 28.3 Å². The van der Waals surface area contributed by atoms with Crippen molar-refractivity contribution in [2.75, 3.05) is 5.32 Å². The van der Waals surface area contributed by atoms with Gasteiger partial charge in [-0.2, -0.15) is 0 Å². The van der Waals surface area contributed by atoms with Gasteiger partial charge in [-0.1, -0.05) is 0 Å². The topological polar surface area (TPSA) is 123 Å². The molecular weight excluding hydrogens is 347 g/mol. The van der Waals surface area contributed by atoms with Gasteiger partial charge in [-0.3, -0.25) is 14.9 Å². The molecule has 8 nitrogen and oxygen atoms in total. The van der Waals surface area contributed by atoms with Crippen molar-refractivity contribution in [2.45, 2.75) is 6.92 Å². The largest absolute Gasteiger partial charge is 0.502 e. The number of hydrogen-bond acceptors (Lipinski definition) is 6. The molecule has 9 heteroatoms. The van der Waals surface area contributed by atoms with Crippen molar-refractivity contribution < 1.29 is 23.6 Å². The van der Waals surface area contributed by atoms with E-state index in [0.717, 1.165) is 24.3 Å². The lowest BCUT2D eigenvalue weighted by Crippen LogP contribution is -2.20. The summed E-state index contributed by atoms with van der Waals surface area (Å²) in [6, 6.07) is 7.03. The molecule has 0 aliphatic heterocycles. The van der Waals surface area contributed by atoms with Gasteiger partial charge >= 0.3 is 11.3 Å². The van der Waals surface area contributed by atoms with Gasteiger partial charge in [0.1, 0.15) is 17.0 Å². The number of carbonyl (C=O) groups is 1. The molecule has 1 heterocycles. The number of amides is 1. The summed E-state index contributed by atoms with van der Waals surface area (Å²) in [5.74, 6) is -1.93.